The first kappa shape index (κ1) is 20.9. The molecule has 4 rings (SSSR count). The van der Waals surface area contributed by atoms with Crippen LogP contribution in [0.5, 0.6) is 0 Å². The van der Waals surface area contributed by atoms with E-state index in [4.69, 9.17) is 4.74 Å². The van der Waals surface area contributed by atoms with Crippen molar-refractivity contribution in [2.75, 3.05) is 10.6 Å². The van der Waals surface area contributed by atoms with Crippen molar-refractivity contribution in [3.63, 3.8) is 0 Å². The molecule has 0 aliphatic heterocycles. The first-order valence-electron chi connectivity index (χ1n) is 10.1. The van der Waals surface area contributed by atoms with Gasteiger partial charge in [0, 0.05) is 42.6 Å². The Morgan fingerprint density at radius 2 is 1.75 bits per heavy atom. The van der Waals surface area contributed by atoms with E-state index in [1.807, 2.05) is 72.4 Å². The number of amides is 3. The Morgan fingerprint density at radius 1 is 0.938 bits per heavy atom. The molecule has 2 aromatic carbocycles. The number of ether oxygens (including phenoxy) is 1. The molecule has 8 nitrogen and oxygen atoms in total. The zero-order chi connectivity index (χ0) is 22.3. The fraction of sp³-hybridized carbons (Fsp3) is 0.125. The number of carbonyl (C=O) groups excluding carboxylic acids is 2. The van der Waals surface area contributed by atoms with Gasteiger partial charge in [-0.2, -0.15) is 0 Å². The Balaban J connectivity index is 1.28. The van der Waals surface area contributed by atoms with Crippen LogP contribution in [0.4, 0.5) is 21.0 Å². The van der Waals surface area contributed by atoms with E-state index in [0.29, 0.717) is 11.4 Å². The molecule has 0 aliphatic carbocycles. The molecule has 4 aromatic rings. The molecule has 0 saturated carbocycles. The summed E-state index contributed by atoms with van der Waals surface area (Å²) in [6.07, 6.45) is 4.60. The number of aromatic nitrogens is 2. The van der Waals surface area contributed by atoms with E-state index in [2.05, 4.69) is 20.9 Å². The smallest absolute Gasteiger partial charge is 0.407 e. The van der Waals surface area contributed by atoms with Gasteiger partial charge in [0.25, 0.3) is 0 Å². The molecule has 2 aromatic heterocycles. The Morgan fingerprint density at radius 3 is 2.59 bits per heavy atom. The number of fused-ring (bicyclic) bond motifs is 1. The number of nitrogens with zero attached hydrogens (tertiary/aromatic N) is 2. The molecule has 0 unspecified atom stereocenters. The molecule has 3 amide bonds. The van der Waals surface area contributed by atoms with Crippen LogP contribution in [0.15, 0.2) is 79.3 Å². The van der Waals surface area contributed by atoms with Gasteiger partial charge < -0.3 is 25.3 Å². The fourth-order valence-corrected chi connectivity index (χ4v) is 3.25. The highest BCUT2D eigenvalue weighted by atomic mass is 16.5. The van der Waals surface area contributed by atoms with E-state index in [1.165, 1.54) is 6.20 Å². The van der Waals surface area contributed by atoms with Gasteiger partial charge in [0.15, 0.2) is 0 Å². The normalized spacial score (nSPS) is 10.5. The van der Waals surface area contributed by atoms with Crippen LogP contribution in [0.1, 0.15) is 11.1 Å². The predicted octanol–water partition coefficient (Wildman–Crippen LogP) is 4.64. The monoisotopic (exact) mass is 429 g/mol. The number of benzene rings is 2. The van der Waals surface area contributed by atoms with E-state index in [9.17, 15) is 9.59 Å². The summed E-state index contributed by atoms with van der Waals surface area (Å²) < 4.78 is 7.21. The lowest BCUT2D eigenvalue weighted by atomic mass is 10.2. The molecule has 0 atom stereocenters. The third kappa shape index (κ3) is 5.42. The van der Waals surface area contributed by atoms with Crippen LogP contribution in [0.25, 0.3) is 10.9 Å². The minimum absolute atomic E-state index is 0.196. The quantitative estimate of drug-likeness (QED) is 0.416. The minimum atomic E-state index is -0.527. The number of anilines is 2. The van der Waals surface area contributed by atoms with Crippen molar-refractivity contribution in [1.29, 1.82) is 0 Å². The maximum Gasteiger partial charge on any atom is 0.407 e. The van der Waals surface area contributed by atoms with Crippen molar-refractivity contribution < 1.29 is 14.3 Å². The van der Waals surface area contributed by atoms with Gasteiger partial charge in [0.05, 0.1) is 11.9 Å². The Bertz CT molecular complexity index is 1240. The van der Waals surface area contributed by atoms with Gasteiger partial charge in [-0.15, -0.1) is 0 Å². The van der Waals surface area contributed by atoms with Crippen LogP contribution in [0.3, 0.4) is 0 Å². The van der Waals surface area contributed by atoms with Crippen LogP contribution in [-0.2, 0) is 24.9 Å². The van der Waals surface area contributed by atoms with Gasteiger partial charge in [-0.1, -0.05) is 30.3 Å². The van der Waals surface area contributed by atoms with Crippen molar-refractivity contribution in [3.05, 3.63) is 90.4 Å². The molecule has 162 valence electrons. The number of hydrogen-bond donors (Lipinski definition) is 3. The maximum atomic E-state index is 12.4. The Labute approximate surface area is 185 Å². The number of pyridine rings is 1. The zero-order valence-corrected chi connectivity index (χ0v) is 17.5. The van der Waals surface area contributed by atoms with Gasteiger partial charge in [0.2, 0.25) is 0 Å². The molecular formula is C24H23N5O3. The van der Waals surface area contributed by atoms with Gasteiger partial charge in [-0.3, -0.25) is 4.98 Å². The molecule has 0 radical (unpaired) electrons. The summed E-state index contributed by atoms with van der Waals surface area (Å²) in [4.78, 5) is 28.4. The molecule has 0 bridgehead atoms. The van der Waals surface area contributed by atoms with Crippen LogP contribution in [0.2, 0.25) is 0 Å². The Kier molecular flexibility index (Phi) is 6.31. The maximum absolute atomic E-state index is 12.4. The lowest BCUT2D eigenvalue weighted by molar-refractivity contribution is 0.139. The second kappa shape index (κ2) is 9.65. The molecular weight excluding hydrogens is 406 g/mol. The first-order chi connectivity index (χ1) is 15.6. The molecule has 8 heteroatoms. The van der Waals surface area contributed by atoms with Gasteiger partial charge in [0.1, 0.15) is 6.61 Å². The second-order valence-electron chi connectivity index (χ2n) is 7.28. The predicted molar refractivity (Wildman–Crippen MR) is 123 cm³/mol. The molecule has 0 spiro atoms. The first-order valence-corrected chi connectivity index (χ1v) is 10.1. The van der Waals surface area contributed by atoms with Crippen LogP contribution in [-0.4, -0.2) is 21.7 Å². The summed E-state index contributed by atoms with van der Waals surface area (Å²) in [5, 5.41) is 9.29. The van der Waals surface area contributed by atoms with Crippen molar-refractivity contribution in [1.82, 2.24) is 14.9 Å². The summed E-state index contributed by atoms with van der Waals surface area (Å²) in [7, 11) is 1.97. The van der Waals surface area contributed by atoms with E-state index in [0.717, 1.165) is 22.0 Å². The molecule has 0 fully saturated rings. The molecule has 0 saturated heterocycles. The standard InChI is InChI=1S/C24H23N5O3/c1-29-10-9-19-12-20(7-8-22(19)29)27-23(30)28-21-11-18(13-25-15-21)14-26-24(31)32-16-17-5-3-2-4-6-17/h2-13,15H,14,16H2,1H3,(H,26,31)(H2,27,28,30). The number of alkyl carbamates (subject to hydrolysis) is 1. The van der Waals surface area contributed by atoms with Crippen molar-refractivity contribution in [3.8, 4) is 0 Å². The average molecular weight is 429 g/mol. The third-order valence-electron chi connectivity index (χ3n) is 4.85. The average Bonchev–Trinajstić information content (AvgIpc) is 3.17. The lowest BCUT2D eigenvalue weighted by Crippen LogP contribution is -2.24. The van der Waals surface area contributed by atoms with E-state index >= 15 is 0 Å². The number of hydrogen-bond acceptors (Lipinski definition) is 4. The fourth-order valence-electron chi connectivity index (χ4n) is 3.25. The number of carbonyl (C=O) groups is 2. The second-order valence-corrected chi connectivity index (χ2v) is 7.28. The van der Waals surface area contributed by atoms with Gasteiger partial charge >= 0.3 is 12.1 Å². The van der Waals surface area contributed by atoms with Crippen molar-refractivity contribution in [2.45, 2.75) is 13.2 Å². The van der Waals surface area contributed by atoms with E-state index in [-0.39, 0.29) is 19.2 Å². The van der Waals surface area contributed by atoms with Crippen molar-refractivity contribution in [2.24, 2.45) is 7.05 Å². The topological polar surface area (TPSA) is 97.3 Å². The van der Waals surface area contributed by atoms with Crippen LogP contribution in [0, 0.1) is 0 Å². The summed E-state index contributed by atoms with van der Waals surface area (Å²) in [5.74, 6) is 0. The molecule has 0 aliphatic rings. The number of rotatable bonds is 6. The summed E-state index contributed by atoms with van der Waals surface area (Å²) in [5.41, 5.74) is 3.93. The van der Waals surface area contributed by atoms with Crippen LogP contribution >= 0.6 is 0 Å². The number of urea groups is 1. The number of nitrogens with one attached hydrogen (secondary N) is 3. The highest BCUT2D eigenvalue weighted by Gasteiger charge is 2.07. The SMILES string of the molecule is Cn1ccc2cc(NC(=O)Nc3cncc(CNC(=O)OCc4ccccc4)c3)ccc21. The zero-order valence-electron chi connectivity index (χ0n) is 17.5. The minimum Gasteiger partial charge on any atom is -0.445 e. The molecule has 3 N–H and O–H groups in total. The largest absolute Gasteiger partial charge is 0.445 e. The van der Waals surface area contributed by atoms with Crippen LogP contribution < -0.4 is 16.0 Å². The lowest BCUT2D eigenvalue weighted by Gasteiger charge is -2.10. The van der Waals surface area contributed by atoms with E-state index in [1.54, 1.807) is 12.3 Å². The molecule has 32 heavy (non-hydrogen) atoms. The number of aryl methyl sites for hydroxylation is 1. The van der Waals surface area contributed by atoms with Gasteiger partial charge in [-0.05, 0) is 41.5 Å². The van der Waals surface area contributed by atoms with Gasteiger partial charge in [-0.25, -0.2) is 9.59 Å². The highest BCUT2D eigenvalue weighted by molar-refractivity contribution is 6.01. The van der Waals surface area contributed by atoms with Crippen molar-refractivity contribution >= 4 is 34.4 Å². The Hall–Kier alpha value is -4.33. The summed E-state index contributed by atoms with van der Waals surface area (Å²) in [6.45, 7) is 0.421. The highest BCUT2D eigenvalue weighted by Crippen LogP contribution is 2.20. The van der Waals surface area contributed by atoms with E-state index < -0.39 is 6.09 Å². The third-order valence-corrected chi connectivity index (χ3v) is 4.85. The molecule has 2 heterocycles. The summed E-state index contributed by atoms with van der Waals surface area (Å²) >= 11 is 0. The summed E-state index contributed by atoms with van der Waals surface area (Å²) in [6, 6.07) is 18.5.